The van der Waals surface area contributed by atoms with Gasteiger partial charge in [0, 0.05) is 18.5 Å². The maximum Gasteiger partial charge on any atom is 0.228 e. The molecule has 0 N–H and O–H groups in total. The van der Waals surface area contributed by atoms with Gasteiger partial charge in [0.2, 0.25) is 5.91 Å². The molecule has 0 saturated carbocycles. The number of hydrogen-bond donors (Lipinski definition) is 0. The third kappa shape index (κ3) is 2.11. The smallest absolute Gasteiger partial charge is 0.228 e. The summed E-state index contributed by atoms with van der Waals surface area (Å²) in [6.07, 6.45) is 0. The van der Waals surface area contributed by atoms with E-state index in [2.05, 4.69) is 13.8 Å². The lowest BCUT2D eigenvalue weighted by Gasteiger charge is -2.25. The molecular formula is C11H19NO. The van der Waals surface area contributed by atoms with Crippen molar-refractivity contribution in [2.75, 3.05) is 13.1 Å². The van der Waals surface area contributed by atoms with E-state index in [-0.39, 0.29) is 11.3 Å². The van der Waals surface area contributed by atoms with Gasteiger partial charge in [-0.05, 0) is 13.8 Å². The molecule has 1 aliphatic rings. The summed E-state index contributed by atoms with van der Waals surface area (Å²) in [5.41, 5.74) is 2.44. The standard InChI is InChI=1S/C11H19NO/c1-8-6-12(7-9(8)2)10(13)11(3,4)5/h6-7H2,1-5H3. The number of amides is 1. The van der Waals surface area contributed by atoms with E-state index in [9.17, 15) is 4.79 Å². The van der Waals surface area contributed by atoms with Crippen LogP contribution in [0.25, 0.3) is 0 Å². The third-order valence-corrected chi connectivity index (χ3v) is 2.51. The summed E-state index contributed by atoms with van der Waals surface area (Å²) in [7, 11) is 0. The van der Waals surface area contributed by atoms with Crippen LogP contribution in [0.3, 0.4) is 0 Å². The van der Waals surface area contributed by atoms with Crippen LogP contribution in [0.2, 0.25) is 0 Å². The highest BCUT2D eigenvalue weighted by atomic mass is 16.2. The van der Waals surface area contributed by atoms with Crippen LogP contribution in [-0.2, 0) is 4.79 Å². The van der Waals surface area contributed by atoms with Gasteiger partial charge in [-0.2, -0.15) is 0 Å². The zero-order valence-corrected chi connectivity index (χ0v) is 9.27. The number of hydrogen-bond acceptors (Lipinski definition) is 1. The van der Waals surface area contributed by atoms with Gasteiger partial charge in [-0.15, -0.1) is 0 Å². The van der Waals surface area contributed by atoms with Crippen molar-refractivity contribution < 1.29 is 4.79 Å². The second kappa shape index (κ2) is 3.17. The molecule has 74 valence electrons. The Morgan fingerprint density at radius 1 is 1.15 bits per heavy atom. The minimum atomic E-state index is -0.245. The first kappa shape index (κ1) is 10.3. The van der Waals surface area contributed by atoms with Crippen LogP contribution in [0.4, 0.5) is 0 Å². The van der Waals surface area contributed by atoms with E-state index >= 15 is 0 Å². The first-order valence-corrected chi connectivity index (χ1v) is 4.77. The van der Waals surface area contributed by atoms with E-state index in [1.165, 1.54) is 11.1 Å². The molecule has 0 bridgehead atoms. The third-order valence-electron chi connectivity index (χ3n) is 2.51. The molecular weight excluding hydrogens is 162 g/mol. The summed E-state index contributed by atoms with van der Waals surface area (Å²) in [6.45, 7) is 11.8. The minimum absolute atomic E-state index is 0.245. The Morgan fingerprint density at radius 2 is 1.54 bits per heavy atom. The lowest BCUT2D eigenvalue weighted by molar-refractivity contribution is -0.138. The fourth-order valence-corrected chi connectivity index (χ4v) is 1.52. The molecule has 0 aliphatic carbocycles. The van der Waals surface area contributed by atoms with Gasteiger partial charge < -0.3 is 4.90 Å². The molecule has 1 aliphatic heterocycles. The molecule has 0 radical (unpaired) electrons. The molecule has 2 heteroatoms. The van der Waals surface area contributed by atoms with Crippen molar-refractivity contribution in [3.63, 3.8) is 0 Å². The Bertz CT molecular complexity index is 244. The number of carbonyl (C=O) groups excluding carboxylic acids is 1. The summed E-state index contributed by atoms with van der Waals surface area (Å²) in [5.74, 6) is 0.253. The summed E-state index contributed by atoms with van der Waals surface area (Å²) >= 11 is 0. The Balaban J connectivity index is 2.66. The lowest BCUT2D eigenvalue weighted by atomic mass is 9.95. The first-order valence-electron chi connectivity index (χ1n) is 4.77. The van der Waals surface area contributed by atoms with Gasteiger partial charge in [-0.3, -0.25) is 4.79 Å². The van der Waals surface area contributed by atoms with Crippen LogP contribution in [0.15, 0.2) is 11.1 Å². The number of nitrogens with zero attached hydrogens (tertiary/aromatic N) is 1. The van der Waals surface area contributed by atoms with Crippen molar-refractivity contribution in [1.82, 2.24) is 4.90 Å². The van der Waals surface area contributed by atoms with E-state index in [0.29, 0.717) is 0 Å². The van der Waals surface area contributed by atoms with E-state index < -0.39 is 0 Å². The number of carbonyl (C=O) groups is 1. The molecule has 1 amide bonds. The highest BCUT2D eigenvalue weighted by Gasteiger charge is 2.29. The van der Waals surface area contributed by atoms with Crippen molar-refractivity contribution in [3.05, 3.63) is 11.1 Å². The molecule has 1 rings (SSSR count). The van der Waals surface area contributed by atoms with Crippen LogP contribution in [0.1, 0.15) is 34.6 Å². The van der Waals surface area contributed by atoms with Gasteiger partial charge in [-0.25, -0.2) is 0 Å². The number of rotatable bonds is 0. The van der Waals surface area contributed by atoms with Gasteiger partial charge in [-0.1, -0.05) is 31.9 Å². The zero-order chi connectivity index (χ0) is 10.2. The van der Waals surface area contributed by atoms with Gasteiger partial charge in [0.15, 0.2) is 0 Å². The fourth-order valence-electron chi connectivity index (χ4n) is 1.52. The molecule has 0 spiro atoms. The van der Waals surface area contributed by atoms with Crippen molar-refractivity contribution >= 4 is 5.91 Å². The molecule has 0 saturated heterocycles. The average molecular weight is 181 g/mol. The molecule has 0 unspecified atom stereocenters. The van der Waals surface area contributed by atoms with Crippen LogP contribution in [-0.4, -0.2) is 23.9 Å². The topological polar surface area (TPSA) is 20.3 Å². The highest BCUT2D eigenvalue weighted by molar-refractivity contribution is 5.82. The van der Waals surface area contributed by atoms with Crippen LogP contribution >= 0.6 is 0 Å². The van der Waals surface area contributed by atoms with Gasteiger partial charge in [0.05, 0.1) is 0 Å². The maximum atomic E-state index is 11.9. The Kier molecular flexibility index (Phi) is 2.51. The molecule has 0 aromatic heterocycles. The lowest BCUT2D eigenvalue weighted by Crippen LogP contribution is -2.38. The quantitative estimate of drug-likeness (QED) is 0.525. The van der Waals surface area contributed by atoms with Gasteiger partial charge in [0.1, 0.15) is 0 Å². The SMILES string of the molecule is CC1=C(C)CN(C(=O)C(C)(C)C)C1. The summed E-state index contributed by atoms with van der Waals surface area (Å²) in [4.78, 5) is 13.8. The van der Waals surface area contributed by atoms with Gasteiger partial charge in [0.25, 0.3) is 0 Å². The van der Waals surface area contributed by atoms with Crippen molar-refractivity contribution in [3.8, 4) is 0 Å². The second-order valence-electron chi connectivity index (χ2n) is 4.97. The molecule has 1 heterocycles. The summed E-state index contributed by atoms with van der Waals surface area (Å²) in [6, 6.07) is 0. The minimum Gasteiger partial charge on any atom is -0.334 e. The largest absolute Gasteiger partial charge is 0.334 e. The normalized spacial score (nSPS) is 18.4. The van der Waals surface area contributed by atoms with E-state index in [0.717, 1.165) is 13.1 Å². The Hall–Kier alpha value is -0.790. The summed E-state index contributed by atoms with van der Waals surface area (Å²) < 4.78 is 0. The highest BCUT2D eigenvalue weighted by Crippen LogP contribution is 2.23. The van der Waals surface area contributed by atoms with Crippen molar-refractivity contribution in [2.45, 2.75) is 34.6 Å². The predicted octanol–water partition coefficient (Wildman–Crippen LogP) is 2.21. The average Bonchev–Trinajstić information content (AvgIpc) is 2.29. The van der Waals surface area contributed by atoms with E-state index in [1.54, 1.807) is 0 Å². The van der Waals surface area contributed by atoms with Crippen molar-refractivity contribution in [2.24, 2.45) is 5.41 Å². The monoisotopic (exact) mass is 181 g/mol. The zero-order valence-electron chi connectivity index (χ0n) is 9.27. The second-order valence-corrected chi connectivity index (χ2v) is 4.97. The summed E-state index contributed by atoms with van der Waals surface area (Å²) in [5, 5.41) is 0. The first-order chi connectivity index (χ1) is 5.82. The molecule has 0 aromatic carbocycles. The molecule has 0 fully saturated rings. The van der Waals surface area contributed by atoms with Crippen molar-refractivity contribution in [1.29, 1.82) is 0 Å². The van der Waals surface area contributed by atoms with E-state index in [4.69, 9.17) is 0 Å². The fraction of sp³-hybridized carbons (Fsp3) is 0.727. The molecule has 2 nitrogen and oxygen atoms in total. The molecule has 0 aromatic rings. The van der Waals surface area contributed by atoms with E-state index in [1.807, 2.05) is 25.7 Å². The Morgan fingerprint density at radius 3 is 1.85 bits per heavy atom. The van der Waals surface area contributed by atoms with Crippen LogP contribution in [0, 0.1) is 5.41 Å². The van der Waals surface area contributed by atoms with Gasteiger partial charge >= 0.3 is 0 Å². The van der Waals surface area contributed by atoms with Crippen LogP contribution < -0.4 is 0 Å². The molecule has 0 atom stereocenters. The Labute approximate surface area is 80.6 Å². The maximum absolute atomic E-state index is 11.9. The predicted molar refractivity (Wildman–Crippen MR) is 54.4 cm³/mol. The molecule has 13 heavy (non-hydrogen) atoms. The van der Waals surface area contributed by atoms with Crippen LogP contribution in [0.5, 0.6) is 0 Å².